The molecule has 0 bridgehead atoms. The molecule has 0 spiro atoms. The van der Waals surface area contributed by atoms with Gasteiger partial charge in [0.25, 0.3) is 10.0 Å². The molecule has 168 valence electrons. The third-order valence-electron chi connectivity index (χ3n) is 5.71. The maximum Gasteiger partial charge on any atom is 0.433 e. The molecule has 1 N–H and O–H groups in total. The Morgan fingerprint density at radius 3 is 2.34 bits per heavy atom. The Labute approximate surface area is 185 Å². The number of aryl methyl sites for hydroxylation is 2. The van der Waals surface area contributed by atoms with Crippen LogP contribution < -0.4 is 9.62 Å². The number of nitrogens with one attached hydrogen (secondary N) is 1. The maximum atomic E-state index is 13.7. The van der Waals surface area contributed by atoms with Gasteiger partial charge in [0.2, 0.25) is 0 Å². The maximum absolute atomic E-state index is 13.7. The van der Waals surface area contributed by atoms with Gasteiger partial charge in [-0.25, -0.2) is 13.4 Å². The van der Waals surface area contributed by atoms with E-state index in [0.717, 1.165) is 23.6 Å². The van der Waals surface area contributed by atoms with E-state index in [4.69, 9.17) is 0 Å². The largest absolute Gasteiger partial charge is 0.433 e. The fraction of sp³-hybridized carbons (Fsp3) is 0.261. The number of pyridine rings is 1. The van der Waals surface area contributed by atoms with Gasteiger partial charge in [0.15, 0.2) is 0 Å². The van der Waals surface area contributed by atoms with Gasteiger partial charge >= 0.3 is 6.18 Å². The third kappa shape index (κ3) is 3.81. The first-order valence-corrected chi connectivity index (χ1v) is 11.5. The quantitative estimate of drug-likeness (QED) is 0.541. The Hall–Kier alpha value is -3.07. The molecule has 9 heteroatoms. The van der Waals surface area contributed by atoms with E-state index in [9.17, 15) is 21.6 Å². The molecule has 1 aliphatic rings. The lowest BCUT2D eigenvalue weighted by atomic mass is 10.1. The van der Waals surface area contributed by atoms with Gasteiger partial charge in [0, 0.05) is 5.56 Å². The molecule has 0 fully saturated rings. The van der Waals surface area contributed by atoms with E-state index in [1.807, 2.05) is 13.8 Å². The van der Waals surface area contributed by atoms with Gasteiger partial charge in [-0.15, -0.1) is 0 Å². The summed E-state index contributed by atoms with van der Waals surface area (Å²) in [5.74, 6) is -0.0108. The molecule has 0 amide bonds. The zero-order chi connectivity index (χ0) is 23.3. The minimum Gasteiger partial charge on any atom is -0.338 e. The topological polar surface area (TPSA) is 62.3 Å². The molecule has 4 rings (SSSR count). The van der Waals surface area contributed by atoms with Crippen molar-refractivity contribution in [2.45, 2.75) is 44.8 Å². The molecular weight excluding hydrogens is 439 g/mol. The van der Waals surface area contributed by atoms with Crippen LogP contribution in [0.1, 0.15) is 34.9 Å². The SMILES string of the molecule is CCc1ccc(S(=O)(=O)N2Cc3ccc(C(F)(F)F)nc3Nc3ccc(C)c(C)c32)cc1. The minimum absolute atomic E-state index is 0.0108. The standard InChI is InChI=1S/C23H22F3N3O2S/c1-4-16-6-9-18(10-7-16)32(30,31)29-13-17-8-12-20(23(24,25)26)28-22(17)27-19-11-5-14(2)15(3)21(19)29/h5-12H,4,13H2,1-3H3,(H,27,28). The molecule has 2 heterocycles. The second kappa shape index (κ2) is 7.81. The number of alkyl halides is 3. The molecule has 0 atom stereocenters. The number of hydrogen-bond donors (Lipinski definition) is 1. The van der Waals surface area contributed by atoms with Crippen LogP contribution in [0.2, 0.25) is 0 Å². The van der Waals surface area contributed by atoms with E-state index in [1.165, 1.54) is 10.4 Å². The number of rotatable bonds is 3. The van der Waals surface area contributed by atoms with Crippen molar-refractivity contribution in [3.05, 3.63) is 76.5 Å². The summed E-state index contributed by atoms with van der Waals surface area (Å²) in [6.45, 7) is 5.48. The first kappa shape index (κ1) is 22.1. The number of aromatic nitrogens is 1. The average molecular weight is 462 g/mol. The van der Waals surface area contributed by atoms with Crippen molar-refractivity contribution >= 4 is 27.2 Å². The van der Waals surface area contributed by atoms with Crippen molar-refractivity contribution in [1.82, 2.24) is 4.98 Å². The Bertz CT molecular complexity index is 1290. The number of halogens is 3. The number of hydrogen-bond acceptors (Lipinski definition) is 4. The van der Waals surface area contributed by atoms with Crippen LogP contribution >= 0.6 is 0 Å². The van der Waals surface area contributed by atoms with Crippen molar-refractivity contribution in [2.75, 3.05) is 9.62 Å². The van der Waals surface area contributed by atoms with Crippen LogP contribution in [0, 0.1) is 13.8 Å². The number of anilines is 3. The second-order valence-electron chi connectivity index (χ2n) is 7.74. The van der Waals surface area contributed by atoms with Crippen LogP contribution in [0.4, 0.5) is 30.4 Å². The molecule has 0 saturated carbocycles. The highest BCUT2D eigenvalue weighted by Gasteiger charge is 2.36. The molecule has 32 heavy (non-hydrogen) atoms. The highest BCUT2D eigenvalue weighted by atomic mass is 32.2. The highest BCUT2D eigenvalue weighted by molar-refractivity contribution is 7.92. The molecule has 1 aliphatic heterocycles. The van der Waals surface area contributed by atoms with Crippen LogP contribution in [-0.4, -0.2) is 13.4 Å². The number of fused-ring (bicyclic) bond motifs is 2. The summed E-state index contributed by atoms with van der Waals surface area (Å²) in [5, 5.41) is 2.94. The Balaban J connectivity index is 1.91. The molecule has 0 saturated heterocycles. The molecule has 0 aliphatic carbocycles. The van der Waals surface area contributed by atoms with Gasteiger partial charge in [-0.2, -0.15) is 13.2 Å². The molecule has 0 radical (unpaired) electrons. The predicted molar refractivity (Wildman–Crippen MR) is 118 cm³/mol. The summed E-state index contributed by atoms with van der Waals surface area (Å²) in [6, 6.07) is 12.2. The van der Waals surface area contributed by atoms with E-state index in [2.05, 4.69) is 10.3 Å². The van der Waals surface area contributed by atoms with Crippen LogP contribution in [-0.2, 0) is 29.2 Å². The number of nitrogens with zero attached hydrogens (tertiary/aromatic N) is 2. The van der Waals surface area contributed by atoms with Gasteiger partial charge in [0.05, 0.1) is 22.8 Å². The van der Waals surface area contributed by atoms with Gasteiger partial charge < -0.3 is 5.32 Å². The Kier molecular flexibility index (Phi) is 5.40. The summed E-state index contributed by atoms with van der Waals surface area (Å²) < 4.78 is 68.3. The third-order valence-corrected chi connectivity index (χ3v) is 7.47. The average Bonchev–Trinajstić information content (AvgIpc) is 2.92. The molecule has 5 nitrogen and oxygen atoms in total. The van der Waals surface area contributed by atoms with Gasteiger partial charge in [0.1, 0.15) is 11.5 Å². The number of sulfonamides is 1. The fourth-order valence-electron chi connectivity index (χ4n) is 3.70. The summed E-state index contributed by atoms with van der Waals surface area (Å²) in [7, 11) is -4.00. The lowest BCUT2D eigenvalue weighted by molar-refractivity contribution is -0.141. The van der Waals surface area contributed by atoms with Crippen LogP contribution in [0.3, 0.4) is 0 Å². The van der Waals surface area contributed by atoms with Gasteiger partial charge in [-0.05, 0) is 61.2 Å². The zero-order valence-corrected chi connectivity index (χ0v) is 18.6. The highest BCUT2D eigenvalue weighted by Crippen LogP contribution is 2.42. The van der Waals surface area contributed by atoms with E-state index in [0.29, 0.717) is 22.5 Å². The van der Waals surface area contributed by atoms with E-state index in [-0.39, 0.29) is 17.3 Å². The normalized spacial score (nSPS) is 13.8. The molecule has 0 unspecified atom stereocenters. The van der Waals surface area contributed by atoms with Gasteiger partial charge in [-0.1, -0.05) is 31.2 Å². The molecule has 3 aromatic rings. The first-order valence-electron chi connectivity index (χ1n) is 10.1. The van der Waals surface area contributed by atoms with Crippen molar-refractivity contribution < 1.29 is 21.6 Å². The minimum atomic E-state index is -4.61. The fourth-order valence-corrected chi connectivity index (χ4v) is 5.22. The molecule has 1 aromatic heterocycles. The lowest BCUT2D eigenvalue weighted by Gasteiger charge is -2.27. The van der Waals surface area contributed by atoms with E-state index >= 15 is 0 Å². The Morgan fingerprint density at radius 2 is 1.72 bits per heavy atom. The second-order valence-corrected chi connectivity index (χ2v) is 9.60. The van der Waals surface area contributed by atoms with Crippen molar-refractivity contribution in [3.8, 4) is 0 Å². The molecule has 2 aromatic carbocycles. The predicted octanol–water partition coefficient (Wildman–Crippen LogP) is 5.73. The van der Waals surface area contributed by atoms with E-state index < -0.39 is 21.9 Å². The van der Waals surface area contributed by atoms with Gasteiger partial charge in [-0.3, -0.25) is 4.31 Å². The Morgan fingerprint density at radius 1 is 1.03 bits per heavy atom. The first-order chi connectivity index (χ1) is 15.0. The van der Waals surface area contributed by atoms with Crippen LogP contribution in [0.25, 0.3) is 0 Å². The summed E-state index contributed by atoms with van der Waals surface area (Å²) in [5.41, 5.74) is 2.67. The monoisotopic (exact) mass is 461 g/mol. The van der Waals surface area contributed by atoms with E-state index in [1.54, 1.807) is 43.3 Å². The summed E-state index contributed by atoms with van der Waals surface area (Å²) in [6.07, 6.45) is -3.84. The zero-order valence-electron chi connectivity index (χ0n) is 17.8. The lowest BCUT2D eigenvalue weighted by Crippen LogP contribution is -2.31. The van der Waals surface area contributed by atoms with Crippen LogP contribution in [0.5, 0.6) is 0 Å². The summed E-state index contributed by atoms with van der Waals surface area (Å²) >= 11 is 0. The molecular formula is C23H22F3N3O2S. The smallest absolute Gasteiger partial charge is 0.338 e. The van der Waals surface area contributed by atoms with Crippen molar-refractivity contribution in [1.29, 1.82) is 0 Å². The number of benzene rings is 2. The van der Waals surface area contributed by atoms with Crippen LogP contribution in [0.15, 0.2) is 53.4 Å². The summed E-state index contributed by atoms with van der Waals surface area (Å²) in [4.78, 5) is 3.87. The van der Waals surface area contributed by atoms with Crippen molar-refractivity contribution in [2.24, 2.45) is 0 Å². The van der Waals surface area contributed by atoms with Crippen molar-refractivity contribution in [3.63, 3.8) is 0 Å².